The average Bonchev–Trinajstić information content (AvgIpc) is 2.62. The van der Waals surface area contributed by atoms with Gasteiger partial charge < -0.3 is 15.2 Å². The van der Waals surface area contributed by atoms with Gasteiger partial charge in [0, 0.05) is 19.6 Å². The molecule has 0 bridgehead atoms. The maximum absolute atomic E-state index is 12.9. The number of aliphatic hydroxyl groups excluding tert-OH is 1. The van der Waals surface area contributed by atoms with Crippen LogP contribution in [-0.4, -0.2) is 48.3 Å². The number of ether oxygens (including phenoxy) is 1. The van der Waals surface area contributed by atoms with E-state index in [1.165, 1.54) is 24.3 Å². The Balaban J connectivity index is 1.61. The predicted octanol–water partition coefficient (Wildman–Crippen LogP) is 1.74. The normalized spacial score (nSPS) is 19.3. The zero-order valence-electron chi connectivity index (χ0n) is 13.8. The number of halogens is 1. The van der Waals surface area contributed by atoms with E-state index < -0.39 is 12.1 Å². The molecule has 6 heteroatoms. The fourth-order valence-corrected chi connectivity index (χ4v) is 2.96. The summed E-state index contributed by atoms with van der Waals surface area (Å²) >= 11 is 0. The lowest BCUT2D eigenvalue weighted by atomic mass is 10.0. The minimum absolute atomic E-state index is 0.0656. The van der Waals surface area contributed by atoms with Crippen LogP contribution in [0.15, 0.2) is 54.6 Å². The van der Waals surface area contributed by atoms with Crippen molar-refractivity contribution in [2.75, 3.05) is 26.2 Å². The summed E-state index contributed by atoms with van der Waals surface area (Å²) in [7, 11) is 0. The Morgan fingerprint density at radius 3 is 2.64 bits per heavy atom. The predicted molar refractivity (Wildman–Crippen MR) is 91.7 cm³/mol. The van der Waals surface area contributed by atoms with Crippen molar-refractivity contribution in [2.24, 2.45) is 0 Å². The van der Waals surface area contributed by atoms with Gasteiger partial charge >= 0.3 is 0 Å². The number of nitrogens with zero attached hydrogens (tertiary/aromatic N) is 1. The van der Waals surface area contributed by atoms with Gasteiger partial charge in [0.2, 0.25) is 5.91 Å². The molecule has 0 saturated carbocycles. The summed E-state index contributed by atoms with van der Waals surface area (Å²) < 4.78 is 18.4. The molecule has 0 aliphatic carbocycles. The molecule has 1 fully saturated rings. The van der Waals surface area contributed by atoms with Gasteiger partial charge in [-0.15, -0.1) is 0 Å². The van der Waals surface area contributed by atoms with E-state index in [1.807, 2.05) is 35.2 Å². The van der Waals surface area contributed by atoms with E-state index in [0.717, 1.165) is 5.56 Å². The number of hydrogen-bond acceptors (Lipinski definition) is 4. The second-order valence-electron chi connectivity index (χ2n) is 6.02. The number of amides is 1. The number of carbonyl (C=O) groups excluding carboxylic acids is 1. The Morgan fingerprint density at radius 1 is 1.20 bits per heavy atom. The molecule has 2 aromatic carbocycles. The van der Waals surface area contributed by atoms with Crippen LogP contribution < -0.4 is 10.1 Å². The van der Waals surface area contributed by atoms with Crippen molar-refractivity contribution in [1.82, 2.24) is 10.2 Å². The molecule has 0 radical (unpaired) electrons. The number of β-amino-alcohol motifs (C(OH)–C–C–N with tert-alkyl or cyclic N) is 1. The van der Waals surface area contributed by atoms with Gasteiger partial charge in [-0.3, -0.25) is 9.69 Å². The highest BCUT2D eigenvalue weighted by atomic mass is 19.1. The molecule has 1 heterocycles. The number of aliphatic hydroxyl groups is 1. The largest absolute Gasteiger partial charge is 0.491 e. The lowest BCUT2D eigenvalue weighted by Crippen LogP contribution is -2.52. The molecule has 2 atom stereocenters. The summed E-state index contributed by atoms with van der Waals surface area (Å²) in [6, 6.07) is 14.7. The second kappa shape index (κ2) is 8.09. The molecular weight excluding hydrogens is 323 g/mol. The fraction of sp³-hybridized carbons (Fsp3) is 0.316. The van der Waals surface area contributed by atoms with Crippen LogP contribution in [-0.2, 0) is 4.79 Å². The number of rotatable bonds is 6. The third-order valence-electron chi connectivity index (χ3n) is 4.13. The number of piperazine rings is 1. The Morgan fingerprint density at radius 2 is 1.92 bits per heavy atom. The van der Waals surface area contributed by atoms with Gasteiger partial charge in [-0.25, -0.2) is 4.39 Å². The molecule has 5 nitrogen and oxygen atoms in total. The van der Waals surface area contributed by atoms with Gasteiger partial charge in [-0.1, -0.05) is 30.3 Å². The number of carbonyl (C=O) groups is 1. The molecule has 3 rings (SSSR count). The van der Waals surface area contributed by atoms with E-state index in [0.29, 0.717) is 25.4 Å². The van der Waals surface area contributed by atoms with Crippen molar-refractivity contribution in [1.29, 1.82) is 0 Å². The van der Waals surface area contributed by atoms with E-state index in [4.69, 9.17) is 4.74 Å². The maximum Gasteiger partial charge on any atom is 0.242 e. The number of nitrogens with one attached hydrogen (secondary N) is 1. The Hall–Kier alpha value is -2.44. The van der Waals surface area contributed by atoms with E-state index in [2.05, 4.69) is 5.32 Å². The highest BCUT2D eigenvalue weighted by Crippen LogP contribution is 2.23. The fourth-order valence-electron chi connectivity index (χ4n) is 2.96. The first-order chi connectivity index (χ1) is 12.1. The zero-order chi connectivity index (χ0) is 17.6. The summed E-state index contributed by atoms with van der Waals surface area (Å²) in [5.41, 5.74) is 0.895. The van der Waals surface area contributed by atoms with Crippen LogP contribution >= 0.6 is 0 Å². The molecule has 0 aromatic heterocycles. The van der Waals surface area contributed by atoms with Crippen LogP contribution in [0.1, 0.15) is 11.6 Å². The van der Waals surface area contributed by atoms with E-state index in [1.54, 1.807) is 0 Å². The summed E-state index contributed by atoms with van der Waals surface area (Å²) in [4.78, 5) is 14.2. The topological polar surface area (TPSA) is 61.8 Å². The summed E-state index contributed by atoms with van der Waals surface area (Å²) in [6.07, 6.45) is -0.762. The van der Waals surface area contributed by atoms with Crippen LogP contribution in [0.5, 0.6) is 5.75 Å². The van der Waals surface area contributed by atoms with E-state index in [-0.39, 0.29) is 18.3 Å². The molecular formula is C19H21FN2O3. The van der Waals surface area contributed by atoms with Crippen molar-refractivity contribution in [3.8, 4) is 5.75 Å². The van der Waals surface area contributed by atoms with Gasteiger partial charge in [-0.05, 0) is 29.8 Å². The van der Waals surface area contributed by atoms with E-state index in [9.17, 15) is 14.3 Å². The van der Waals surface area contributed by atoms with Crippen LogP contribution in [0, 0.1) is 5.82 Å². The van der Waals surface area contributed by atoms with Gasteiger partial charge in [0.25, 0.3) is 0 Å². The molecule has 1 aliphatic heterocycles. The SMILES string of the molecule is O=C1NCCN(CC(O)COc2ccc(F)cc2)C1c1ccccc1. The molecule has 132 valence electrons. The van der Waals surface area contributed by atoms with Gasteiger partial charge in [-0.2, -0.15) is 0 Å². The molecule has 25 heavy (non-hydrogen) atoms. The molecule has 1 aliphatic rings. The average molecular weight is 344 g/mol. The number of benzene rings is 2. The van der Waals surface area contributed by atoms with E-state index >= 15 is 0 Å². The molecule has 1 saturated heterocycles. The molecule has 2 aromatic rings. The first-order valence-electron chi connectivity index (χ1n) is 8.26. The number of hydrogen-bond donors (Lipinski definition) is 2. The highest BCUT2D eigenvalue weighted by molar-refractivity contribution is 5.83. The van der Waals surface area contributed by atoms with Crippen molar-refractivity contribution in [3.63, 3.8) is 0 Å². The van der Waals surface area contributed by atoms with Gasteiger partial charge in [0.1, 0.15) is 30.3 Å². The quantitative estimate of drug-likeness (QED) is 0.838. The Kier molecular flexibility index (Phi) is 5.63. The smallest absolute Gasteiger partial charge is 0.242 e. The molecule has 1 amide bonds. The van der Waals surface area contributed by atoms with Crippen molar-refractivity contribution >= 4 is 5.91 Å². The standard InChI is InChI=1S/C19H21FN2O3/c20-15-6-8-17(9-7-15)25-13-16(23)12-22-11-10-21-19(24)18(22)14-4-2-1-3-5-14/h1-9,16,18,23H,10-13H2,(H,21,24). The van der Waals surface area contributed by atoms with Crippen LogP contribution in [0.25, 0.3) is 0 Å². The van der Waals surface area contributed by atoms with Crippen molar-refractivity contribution in [2.45, 2.75) is 12.1 Å². The molecule has 2 unspecified atom stereocenters. The second-order valence-corrected chi connectivity index (χ2v) is 6.02. The summed E-state index contributed by atoms with van der Waals surface area (Å²) in [5.74, 6) is 0.0958. The third-order valence-corrected chi connectivity index (χ3v) is 4.13. The van der Waals surface area contributed by atoms with Gasteiger partial charge in [0.15, 0.2) is 0 Å². The first kappa shape index (κ1) is 17.4. The minimum Gasteiger partial charge on any atom is -0.491 e. The van der Waals surface area contributed by atoms with Crippen LogP contribution in [0.4, 0.5) is 4.39 Å². The highest BCUT2D eigenvalue weighted by Gasteiger charge is 2.32. The molecule has 2 N–H and O–H groups in total. The molecule has 0 spiro atoms. The minimum atomic E-state index is -0.762. The van der Waals surface area contributed by atoms with Crippen LogP contribution in [0.2, 0.25) is 0 Å². The van der Waals surface area contributed by atoms with Crippen molar-refractivity contribution < 1.29 is 19.0 Å². The lowest BCUT2D eigenvalue weighted by molar-refractivity contribution is -0.130. The summed E-state index contributed by atoms with van der Waals surface area (Å²) in [6.45, 7) is 1.59. The lowest BCUT2D eigenvalue weighted by Gasteiger charge is -2.36. The third kappa shape index (κ3) is 4.55. The summed E-state index contributed by atoms with van der Waals surface area (Å²) in [5, 5.41) is 13.2. The monoisotopic (exact) mass is 344 g/mol. The van der Waals surface area contributed by atoms with Crippen molar-refractivity contribution in [3.05, 3.63) is 66.0 Å². The zero-order valence-corrected chi connectivity index (χ0v) is 13.8. The maximum atomic E-state index is 12.9. The first-order valence-corrected chi connectivity index (χ1v) is 8.26. The van der Waals surface area contributed by atoms with Gasteiger partial charge in [0.05, 0.1) is 0 Å². The van der Waals surface area contributed by atoms with Crippen LogP contribution in [0.3, 0.4) is 0 Å². The Labute approximate surface area is 146 Å². The Bertz CT molecular complexity index is 694.